The van der Waals surface area contributed by atoms with E-state index in [1.54, 1.807) is 6.07 Å². The summed E-state index contributed by atoms with van der Waals surface area (Å²) in [5.74, 6) is 0.850. The van der Waals surface area contributed by atoms with Crippen LogP contribution in [0.1, 0.15) is 63.0 Å². The summed E-state index contributed by atoms with van der Waals surface area (Å²) in [4.78, 5) is 12.3. The molecule has 0 atom stereocenters. The van der Waals surface area contributed by atoms with E-state index in [1.165, 1.54) is 44.9 Å². The molecule has 0 aromatic heterocycles. The summed E-state index contributed by atoms with van der Waals surface area (Å²) >= 11 is 6.56. The number of halogens is 1. The van der Waals surface area contributed by atoms with E-state index in [9.17, 15) is 4.79 Å². The Bertz CT molecular complexity index is 862. The number of hydrogen-bond donors (Lipinski definition) is 2. The molecule has 2 aromatic carbocycles. The highest BCUT2D eigenvalue weighted by Crippen LogP contribution is 2.34. The molecule has 1 aliphatic carbocycles. The van der Waals surface area contributed by atoms with E-state index < -0.39 is 0 Å². The molecule has 0 saturated heterocycles. The Kier molecular flexibility index (Phi) is 9.69. The van der Waals surface area contributed by atoms with Crippen molar-refractivity contribution in [2.45, 2.75) is 71.4 Å². The molecular weight excluding hydrogens is 424 g/mol. The van der Waals surface area contributed by atoms with Crippen LogP contribution in [0.4, 0.5) is 5.69 Å². The normalized spacial score (nSPS) is 15.0. The molecule has 1 fully saturated rings. The van der Waals surface area contributed by atoms with Crippen LogP contribution in [0.5, 0.6) is 11.5 Å². The van der Waals surface area contributed by atoms with Crippen LogP contribution in [-0.2, 0) is 11.3 Å². The fraction of sp³-hybridized carbons (Fsp3) is 0.500. The Labute approximate surface area is 196 Å². The number of hydrogen-bond acceptors (Lipinski definition) is 4. The van der Waals surface area contributed by atoms with Crippen LogP contribution >= 0.6 is 11.6 Å². The lowest BCUT2D eigenvalue weighted by molar-refractivity contribution is -0.118. The predicted octanol–water partition coefficient (Wildman–Crippen LogP) is 6.27. The standard InChI is InChI=1S/C26H35ClN2O3/c1-3-31-24-15-20(17-28-21-9-7-5-4-6-8-10-21)23(27)16-25(24)32-18-26(30)29-22-13-11-19(2)12-14-22/h11-16,21,28H,3-10,17-18H2,1-2H3,(H,29,30). The zero-order chi connectivity index (χ0) is 22.8. The molecule has 0 spiro atoms. The van der Waals surface area contributed by atoms with Crippen molar-refractivity contribution in [3.8, 4) is 11.5 Å². The summed E-state index contributed by atoms with van der Waals surface area (Å²) in [5, 5.41) is 7.12. The SMILES string of the molecule is CCOc1cc(CNC2CCCCCCC2)c(Cl)cc1OCC(=O)Nc1ccc(C)cc1. The van der Waals surface area contributed by atoms with E-state index in [4.69, 9.17) is 21.1 Å². The van der Waals surface area contributed by atoms with Gasteiger partial charge >= 0.3 is 0 Å². The maximum atomic E-state index is 12.3. The summed E-state index contributed by atoms with van der Waals surface area (Å²) in [6.07, 6.45) is 9.02. The van der Waals surface area contributed by atoms with E-state index in [1.807, 2.05) is 44.2 Å². The van der Waals surface area contributed by atoms with Gasteiger partial charge in [-0.2, -0.15) is 0 Å². The molecule has 2 N–H and O–H groups in total. The van der Waals surface area contributed by atoms with Gasteiger partial charge in [-0.05, 0) is 50.5 Å². The zero-order valence-electron chi connectivity index (χ0n) is 19.2. The molecule has 3 rings (SSSR count). The molecule has 32 heavy (non-hydrogen) atoms. The largest absolute Gasteiger partial charge is 0.490 e. The van der Waals surface area contributed by atoms with Crippen molar-refractivity contribution in [1.29, 1.82) is 0 Å². The van der Waals surface area contributed by atoms with E-state index in [0.29, 0.717) is 35.7 Å². The lowest BCUT2D eigenvalue weighted by Crippen LogP contribution is -2.29. The van der Waals surface area contributed by atoms with Crippen molar-refractivity contribution >= 4 is 23.2 Å². The Morgan fingerprint density at radius 3 is 2.34 bits per heavy atom. The molecule has 1 aliphatic rings. The van der Waals surface area contributed by atoms with Gasteiger partial charge in [0, 0.05) is 29.4 Å². The summed E-state index contributed by atoms with van der Waals surface area (Å²) < 4.78 is 11.5. The van der Waals surface area contributed by atoms with Gasteiger partial charge in [-0.3, -0.25) is 4.79 Å². The van der Waals surface area contributed by atoms with Crippen molar-refractivity contribution in [3.63, 3.8) is 0 Å². The predicted molar refractivity (Wildman–Crippen MR) is 131 cm³/mol. The molecule has 6 heteroatoms. The average Bonchev–Trinajstić information content (AvgIpc) is 2.75. The molecule has 0 unspecified atom stereocenters. The van der Waals surface area contributed by atoms with Gasteiger partial charge in [0.2, 0.25) is 0 Å². The Morgan fingerprint density at radius 2 is 1.66 bits per heavy atom. The number of rotatable bonds is 9. The monoisotopic (exact) mass is 458 g/mol. The first-order chi connectivity index (χ1) is 15.5. The number of carbonyl (C=O) groups is 1. The second-order valence-electron chi connectivity index (χ2n) is 8.45. The third-order valence-corrected chi connectivity index (χ3v) is 6.14. The van der Waals surface area contributed by atoms with Crippen LogP contribution in [-0.4, -0.2) is 25.2 Å². The molecule has 2 aromatic rings. The molecule has 0 aliphatic heterocycles. The molecule has 0 radical (unpaired) electrons. The minimum Gasteiger partial charge on any atom is -0.490 e. The lowest BCUT2D eigenvalue weighted by Gasteiger charge is -2.22. The van der Waals surface area contributed by atoms with Gasteiger partial charge in [-0.15, -0.1) is 0 Å². The summed E-state index contributed by atoms with van der Waals surface area (Å²) in [6.45, 7) is 5.00. The fourth-order valence-electron chi connectivity index (χ4n) is 3.99. The van der Waals surface area contributed by atoms with Crippen LogP contribution in [0, 0.1) is 6.92 Å². The number of amides is 1. The van der Waals surface area contributed by atoms with Crippen LogP contribution < -0.4 is 20.1 Å². The molecule has 0 bridgehead atoms. The Balaban J connectivity index is 1.59. The van der Waals surface area contributed by atoms with E-state index in [2.05, 4.69) is 10.6 Å². The van der Waals surface area contributed by atoms with Crippen LogP contribution in [0.2, 0.25) is 5.02 Å². The first-order valence-corrected chi connectivity index (χ1v) is 12.1. The van der Waals surface area contributed by atoms with Crippen LogP contribution in [0.15, 0.2) is 36.4 Å². The molecule has 0 heterocycles. The first-order valence-electron chi connectivity index (χ1n) is 11.7. The van der Waals surface area contributed by atoms with E-state index in [-0.39, 0.29) is 12.5 Å². The minimum atomic E-state index is -0.234. The molecule has 1 saturated carbocycles. The van der Waals surface area contributed by atoms with Gasteiger partial charge in [0.05, 0.1) is 6.61 Å². The van der Waals surface area contributed by atoms with Crippen LogP contribution in [0.3, 0.4) is 0 Å². The quantitative estimate of drug-likeness (QED) is 0.465. The van der Waals surface area contributed by atoms with E-state index in [0.717, 1.165) is 16.8 Å². The second-order valence-corrected chi connectivity index (χ2v) is 8.86. The number of nitrogens with one attached hydrogen (secondary N) is 2. The van der Waals surface area contributed by atoms with Crippen LogP contribution in [0.25, 0.3) is 0 Å². The Morgan fingerprint density at radius 1 is 1.00 bits per heavy atom. The third kappa shape index (κ3) is 7.72. The van der Waals surface area contributed by atoms with Gasteiger partial charge in [0.15, 0.2) is 18.1 Å². The first kappa shape index (κ1) is 24.4. The van der Waals surface area contributed by atoms with Crippen molar-refractivity contribution in [1.82, 2.24) is 5.32 Å². The molecule has 1 amide bonds. The summed E-state index contributed by atoms with van der Waals surface area (Å²) in [6, 6.07) is 11.8. The number of benzene rings is 2. The third-order valence-electron chi connectivity index (χ3n) is 5.79. The zero-order valence-corrected chi connectivity index (χ0v) is 20.0. The van der Waals surface area contributed by atoms with Crippen molar-refractivity contribution in [3.05, 3.63) is 52.5 Å². The van der Waals surface area contributed by atoms with Crippen molar-refractivity contribution in [2.75, 3.05) is 18.5 Å². The molecule has 174 valence electrons. The van der Waals surface area contributed by atoms with Crippen molar-refractivity contribution in [2.24, 2.45) is 0 Å². The average molecular weight is 459 g/mol. The Hall–Kier alpha value is -2.24. The number of carbonyl (C=O) groups excluding carboxylic acids is 1. The van der Waals surface area contributed by atoms with E-state index >= 15 is 0 Å². The topological polar surface area (TPSA) is 59.6 Å². The van der Waals surface area contributed by atoms with Gasteiger partial charge in [0.1, 0.15) is 0 Å². The second kappa shape index (κ2) is 12.7. The smallest absolute Gasteiger partial charge is 0.262 e. The lowest BCUT2D eigenvalue weighted by atomic mass is 9.96. The highest BCUT2D eigenvalue weighted by Gasteiger charge is 2.15. The maximum absolute atomic E-state index is 12.3. The molecular formula is C26H35ClN2O3. The number of anilines is 1. The van der Waals surface area contributed by atoms with Gasteiger partial charge in [-0.25, -0.2) is 0 Å². The minimum absolute atomic E-state index is 0.121. The van der Waals surface area contributed by atoms with Gasteiger partial charge in [0.25, 0.3) is 5.91 Å². The highest BCUT2D eigenvalue weighted by molar-refractivity contribution is 6.31. The number of aryl methyl sites for hydroxylation is 1. The highest BCUT2D eigenvalue weighted by atomic mass is 35.5. The number of ether oxygens (including phenoxy) is 2. The summed E-state index contributed by atoms with van der Waals surface area (Å²) in [7, 11) is 0. The maximum Gasteiger partial charge on any atom is 0.262 e. The summed E-state index contributed by atoms with van der Waals surface area (Å²) in [5.41, 5.74) is 2.86. The fourth-order valence-corrected chi connectivity index (χ4v) is 4.21. The van der Waals surface area contributed by atoms with Gasteiger partial charge < -0.3 is 20.1 Å². The van der Waals surface area contributed by atoms with Crippen molar-refractivity contribution < 1.29 is 14.3 Å². The van der Waals surface area contributed by atoms with Gasteiger partial charge in [-0.1, -0.05) is 61.4 Å². The molecule has 5 nitrogen and oxygen atoms in total.